The summed E-state index contributed by atoms with van der Waals surface area (Å²) in [6.45, 7) is 3.43. The fraction of sp³-hybridized carbons (Fsp3) is 0.357. The van der Waals surface area contributed by atoms with Crippen molar-refractivity contribution in [3.8, 4) is 0 Å². The Hall–Kier alpha value is -1.96. The van der Waals surface area contributed by atoms with Crippen LogP contribution in [-0.4, -0.2) is 25.2 Å². The van der Waals surface area contributed by atoms with E-state index in [1.165, 1.54) is 0 Å². The molecule has 0 unspecified atom stereocenters. The van der Waals surface area contributed by atoms with Crippen molar-refractivity contribution in [2.75, 3.05) is 10.8 Å². The molecule has 22 heavy (non-hydrogen) atoms. The second-order valence-corrected chi connectivity index (χ2v) is 7.14. The first-order valence-electron chi connectivity index (χ1n) is 6.84. The molecular weight excluding hydrogens is 312 g/mol. The van der Waals surface area contributed by atoms with Crippen LogP contribution in [0.15, 0.2) is 17.0 Å². The van der Waals surface area contributed by atoms with Crippen molar-refractivity contribution in [1.82, 2.24) is 10.2 Å². The van der Waals surface area contributed by atoms with Crippen molar-refractivity contribution in [1.29, 1.82) is 0 Å². The Morgan fingerprint density at radius 2 is 1.91 bits per heavy atom. The number of benzene rings is 1. The number of aryl methyl sites for hydroxylation is 3. The van der Waals surface area contributed by atoms with Gasteiger partial charge >= 0.3 is 0 Å². The zero-order chi connectivity index (χ0) is 16.1. The van der Waals surface area contributed by atoms with Gasteiger partial charge in [0.05, 0.1) is 17.1 Å². The molecule has 0 saturated carbocycles. The number of rotatable bonds is 2. The largest absolute Gasteiger partial charge is 0.281 e. The van der Waals surface area contributed by atoms with Gasteiger partial charge in [-0.1, -0.05) is 0 Å². The molecule has 1 aliphatic rings. The lowest BCUT2D eigenvalue weighted by atomic mass is 10.0. The Kier molecular flexibility index (Phi) is 3.43. The average Bonchev–Trinajstić information content (AvgIpc) is 2.79. The summed E-state index contributed by atoms with van der Waals surface area (Å²) in [7, 11) is -3.87. The van der Waals surface area contributed by atoms with Crippen molar-refractivity contribution in [3.63, 3.8) is 0 Å². The van der Waals surface area contributed by atoms with E-state index in [1.807, 2.05) is 0 Å². The molecule has 1 aliphatic heterocycles. The van der Waals surface area contributed by atoms with E-state index in [2.05, 4.69) is 10.2 Å². The smallest absolute Gasteiger partial charge is 0.267 e. The maximum absolute atomic E-state index is 13.6. The fourth-order valence-electron chi connectivity index (χ4n) is 2.82. The van der Waals surface area contributed by atoms with E-state index in [0.717, 1.165) is 16.4 Å². The summed E-state index contributed by atoms with van der Waals surface area (Å²) in [5.74, 6) is -2.02. The highest BCUT2D eigenvalue weighted by atomic mass is 32.2. The number of aromatic nitrogens is 2. The normalized spacial score (nSPS) is 15.0. The van der Waals surface area contributed by atoms with Crippen molar-refractivity contribution in [3.05, 3.63) is 40.7 Å². The molecule has 0 saturated heterocycles. The standard InChI is InChI=1S/C14H15F2N3O2S/c1-8-14(9(2)18-17-8)22(20,21)19-5-3-4-10-6-11(15)12(16)7-13(10)19/h6-7H,3-5H2,1-2H3,(H,17,18). The lowest BCUT2D eigenvalue weighted by molar-refractivity contribution is 0.505. The lowest BCUT2D eigenvalue weighted by Crippen LogP contribution is -2.36. The first-order chi connectivity index (χ1) is 10.3. The van der Waals surface area contributed by atoms with Crippen LogP contribution in [0.25, 0.3) is 0 Å². The number of nitrogens with zero attached hydrogens (tertiary/aromatic N) is 2. The number of fused-ring (bicyclic) bond motifs is 1. The SMILES string of the molecule is Cc1n[nH]c(C)c1S(=O)(=O)N1CCCc2cc(F)c(F)cc21. The molecular formula is C14H15F2N3O2S. The summed E-state index contributed by atoms with van der Waals surface area (Å²) in [5.41, 5.74) is 1.47. The molecule has 0 bridgehead atoms. The third-order valence-corrected chi connectivity index (χ3v) is 5.88. The third-order valence-electron chi connectivity index (χ3n) is 3.81. The summed E-state index contributed by atoms with van der Waals surface area (Å²) in [6.07, 6.45) is 1.06. The van der Waals surface area contributed by atoms with E-state index in [-0.39, 0.29) is 17.1 Å². The highest BCUT2D eigenvalue weighted by Crippen LogP contribution is 2.34. The molecule has 2 heterocycles. The van der Waals surface area contributed by atoms with Crippen LogP contribution >= 0.6 is 0 Å². The molecule has 0 fully saturated rings. The Morgan fingerprint density at radius 1 is 1.23 bits per heavy atom. The van der Waals surface area contributed by atoms with Gasteiger partial charge in [0.25, 0.3) is 10.0 Å². The first kappa shape index (κ1) is 15.0. The van der Waals surface area contributed by atoms with Gasteiger partial charge in [0, 0.05) is 12.6 Å². The Balaban J connectivity index is 2.17. The van der Waals surface area contributed by atoms with Crippen LogP contribution in [0, 0.1) is 25.5 Å². The topological polar surface area (TPSA) is 66.1 Å². The van der Waals surface area contributed by atoms with Gasteiger partial charge in [-0.25, -0.2) is 17.2 Å². The van der Waals surface area contributed by atoms with Gasteiger partial charge in [0.15, 0.2) is 11.6 Å². The predicted octanol–water partition coefficient (Wildman–Crippen LogP) is 2.45. The second kappa shape index (κ2) is 5.05. The number of sulfonamides is 1. The molecule has 0 radical (unpaired) electrons. The molecule has 118 valence electrons. The van der Waals surface area contributed by atoms with Crippen molar-refractivity contribution in [2.24, 2.45) is 0 Å². The molecule has 1 aromatic heterocycles. The van der Waals surface area contributed by atoms with Crippen LogP contribution in [0.4, 0.5) is 14.5 Å². The minimum atomic E-state index is -3.87. The van der Waals surface area contributed by atoms with E-state index in [4.69, 9.17) is 0 Å². The molecule has 0 amide bonds. The molecule has 2 aromatic rings. The molecule has 1 N–H and O–H groups in total. The number of aromatic amines is 1. The monoisotopic (exact) mass is 327 g/mol. The van der Waals surface area contributed by atoms with Crippen LogP contribution in [-0.2, 0) is 16.4 Å². The number of hydrogen-bond acceptors (Lipinski definition) is 3. The molecule has 3 rings (SSSR count). The van der Waals surface area contributed by atoms with Crippen molar-refractivity contribution in [2.45, 2.75) is 31.6 Å². The maximum Gasteiger partial charge on any atom is 0.267 e. The van der Waals surface area contributed by atoms with Gasteiger partial charge in [-0.15, -0.1) is 0 Å². The van der Waals surface area contributed by atoms with E-state index < -0.39 is 21.7 Å². The predicted molar refractivity (Wildman–Crippen MR) is 77.3 cm³/mol. The van der Waals surface area contributed by atoms with Gasteiger partial charge in [0.1, 0.15) is 4.90 Å². The highest BCUT2D eigenvalue weighted by Gasteiger charge is 2.33. The zero-order valence-electron chi connectivity index (χ0n) is 12.2. The van der Waals surface area contributed by atoms with Gasteiger partial charge in [-0.05, 0) is 38.3 Å². The van der Waals surface area contributed by atoms with Crippen LogP contribution in [0.3, 0.4) is 0 Å². The Labute approximate surface area is 127 Å². The number of hydrogen-bond donors (Lipinski definition) is 1. The van der Waals surface area contributed by atoms with Gasteiger partial charge in [-0.2, -0.15) is 5.10 Å². The van der Waals surface area contributed by atoms with Crippen LogP contribution in [0.5, 0.6) is 0 Å². The lowest BCUT2D eigenvalue weighted by Gasteiger charge is -2.30. The van der Waals surface area contributed by atoms with Crippen LogP contribution in [0.1, 0.15) is 23.4 Å². The minimum absolute atomic E-state index is 0.0880. The van der Waals surface area contributed by atoms with Crippen molar-refractivity contribution < 1.29 is 17.2 Å². The number of H-pyrrole nitrogens is 1. The van der Waals surface area contributed by atoms with Crippen LogP contribution < -0.4 is 4.31 Å². The second-order valence-electron chi connectivity index (χ2n) is 5.34. The summed E-state index contributed by atoms with van der Waals surface area (Å²) in [4.78, 5) is 0.0880. The van der Waals surface area contributed by atoms with E-state index in [9.17, 15) is 17.2 Å². The molecule has 0 spiro atoms. The van der Waals surface area contributed by atoms with E-state index >= 15 is 0 Å². The zero-order valence-corrected chi connectivity index (χ0v) is 13.0. The summed E-state index contributed by atoms with van der Waals surface area (Å²) in [6, 6.07) is 2.02. The number of nitrogens with one attached hydrogen (secondary N) is 1. The molecule has 0 atom stereocenters. The maximum atomic E-state index is 13.6. The van der Waals surface area contributed by atoms with Gasteiger partial charge in [0.2, 0.25) is 0 Å². The van der Waals surface area contributed by atoms with Gasteiger partial charge in [-0.3, -0.25) is 9.40 Å². The summed E-state index contributed by atoms with van der Waals surface area (Å²) >= 11 is 0. The molecule has 1 aromatic carbocycles. The average molecular weight is 327 g/mol. The van der Waals surface area contributed by atoms with E-state index in [0.29, 0.717) is 29.8 Å². The Bertz CT molecular complexity index is 827. The fourth-order valence-corrected chi connectivity index (χ4v) is 4.69. The molecule has 5 nitrogen and oxygen atoms in total. The van der Waals surface area contributed by atoms with Crippen molar-refractivity contribution >= 4 is 15.7 Å². The van der Waals surface area contributed by atoms with E-state index in [1.54, 1.807) is 13.8 Å². The minimum Gasteiger partial charge on any atom is -0.281 e. The highest BCUT2D eigenvalue weighted by molar-refractivity contribution is 7.93. The molecule has 8 heteroatoms. The van der Waals surface area contributed by atoms with Gasteiger partial charge < -0.3 is 0 Å². The first-order valence-corrected chi connectivity index (χ1v) is 8.28. The Morgan fingerprint density at radius 3 is 2.55 bits per heavy atom. The summed E-state index contributed by atoms with van der Waals surface area (Å²) < 4.78 is 53.9. The number of anilines is 1. The number of halogens is 2. The summed E-state index contributed by atoms with van der Waals surface area (Å²) in [5, 5.41) is 6.54. The molecule has 0 aliphatic carbocycles. The quantitative estimate of drug-likeness (QED) is 0.921. The third kappa shape index (κ3) is 2.18. The van der Waals surface area contributed by atoms with Crippen LogP contribution in [0.2, 0.25) is 0 Å².